The average Bonchev–Trinajstić information content (AvgIpc) is 2.83. The lowest BCUT2D eigenvalue weighted by molar-refractivity contribution is -0.140. The van der Waals surface area contributed by atoms with Crippen LogP contribution in [-0.4, -0.2) is 57.6 Å². The van der Waals surface area contributed by atoms with Crippen LogP contribution in [-0.2, 0) is 26.2 Å². The minimum atomic E-state index is -3.91. The van der Waals surface area contributed by atoms with Crippen molar-refractivity contribution < 1.29 is 22.7 Å². The van der Waals surface area contributed by atoms with Crippen molar-refractivity contribution in [2.75, 3.05) is 30.8 Å². The third-order valence-corrected chi connectivity index (χ3v) is 7.26. The van der Waals surface area contributed by atoms with Crippen LogP contribution in [0.5, 0.6) is 5.75 Å². The molecule has 2 aromatic carbocycles. The van der Waals surface area contributed by atoms with Gasteiger partial charge in [-0.2, -0.15) is 0 Å². The van der Waals surface area contributed by atoms with E-state index >= 15 is 0 Å². The monoisotopic (exact) mass is 557 g/mol. The Morgan fingerprint density at radius 3 is 2.31 bits per heavy atom. The van der Waals surface area contributed by atoms with E-state index in [-0.39, 0.29) is 28.2 Å². The van der Waals surface area contributed by atoms with Crippen molar-refractivity contribution in [3.63, 3.8) is 0 Å². The second-order valence-corrected chi connectivity index (χ2v) is 11.1. The molecule has 11 heteroatoms. The summed E-state index contributed by atoms with van der Waals surface area (Å²) in [6, 6.07) is 10.7. The first-order chi connectivity index (χ1) is 17.0. The van der Waals surface area contributed by atoms with Crippen molar-refractivity contribution in [3.8, 4) is 5.75 Å². The molecule has 1 unspecified atom stereocenters. The first-order valence-electron chi connectivity index (χ1n) is 11.6. The first-order valence-corrected chi connectivity index (χ1v) is 14.2. The van der Waals surface area contributed by atoms with Gasteiger partial charge < -0.3 is 15.0 Å². The number of nitrogens with zero attached hydrogens (tertiary/aromatic N) is 2. The standard InChI is InChI=1S/C25H33Cl2N3O5S/c1-5-7-14-28-25(32)22(6-2)29(16-18-8-11-20(35-3)12-9-18)24(31)17-30(36(4,33)34)23-15-19(26)10-13-21(23)27/h8-13,15,22H,5-7,14,16-17H2,1-4H3,(H,28,32). The van der Waals surface area contributed by atoms with Crippen molar-refractivity contribution in [2.45, 2.75) is 45.7 Å². The Morgan fingerprint density at radius 2 is 1.75 bits per heavy atom. The van der Waals surface area contributed by atoms with Gasteiger partial charge in [0, 0.05) is 18.1 Å². The van der Waals surface area contributed by atoms with Crippen LogP contribution in [0.3, 0.4) is 0 Å². The molecule has 1 N–H and O–H groups in total. The second kappa shape index (κ2) is 13.7. The summed E-state index contributed by atoms with van der Waals surface area (Å²) in [5.74, 6) is -0.191. The number of hydrogen-bond acceptors (Lipinski definition) is 5. The van der Waals surface area contributed by atoms with Gasteiger partial charge >= 0.3 is 0 Å². The molecular formula is C25H33Cl2N3O5S. The molecule has 2 aromatic rings. The molecule has 198 valence electrons. The highest BCUT2D eigenvalue weighted by atomic mass is 35.5. The normalized spacial score (nSPS) is 12.1. The summed E-state index contributed by atoms with van der Waals surface area (Å²) in [4.78, 5) is 28.1. The highest BCUT2D eigenvalue weighted by Crippen LogP contribution is 2.31. The van der Waals surface area contributed by atoms with Gasteiger partial charge in [0.15, 0.2) is 0 Å². The van der Waals surface area contributed by atoms with Crippen molar-refractivity contribution >= 4 is 50.7 Å². The predicted octanol–water partition coefficient (Wildman–Crippen LogP) is 4.49. The van der Waals surface area contributed by atoms with E-state index in [0.29, 0.717) is 18.7 Å². The van der Waals surface area contributed by atoms with Gasteiger partial charge in [-0.05, 0) is 48.7 Å². The van der Waals surface area contributed by atoms with E-state index in [2.05, 4.69) is 5.32 Å². The van der Waals surface area contributed by atoms with E-state index in [1.54, 1.807) is 38.3 Å². The predicted molar refractivity (Wildman–Crippen MR) is 144 cm³/mol. The van der Waals surface area contributed by atoms with E-state index in [9.17, 15) is 18.0 Å². The molecule has 0 saturated heterocycles. The fourth-order valence-electron chi connectivity index (χ4n) is 3.63. The Labute approximate surface area is 223 Å². The van der Waals surface area contributed by atoms with E-state index < -0.39 is 28.5 Å². The van der Waals surface area contributed by atoms with Gasteiger partial charge in [-0.15, -0.1) is 0 Å². The van der Waals surface area contributed by atoms with Crippen molar-refractivity contribution in [2.24, 2.45) is 0 Å². The zero-order valence-electron chi connectivity index (χ0n) is 21.0. The van der Waals surface area contributed by atoms with Crippen LogP contribution in [0.2, 0.25) is 10.0 Å². The first kappa shape index (κ1) is 29.7. The van der Waals surface area contributed by atoms with Crippen LogP contribution in [0.25, 0.3) is 0 Å². The molecule has 36 heavy (non-hydrogen) atoms. The summed E-state index contributed by atoms with van der Waals surface area (Å²) < 4.78 is 31.5. The van der Waals surface area contributed by atoms with E-state index in [1.807, 2.05) is 6.92 Å². The number of benzene rings is 2. The van der Waals surface area contributed by atoms with Crippen LogP contribution in [0.4, 0.5) is 5.69 Å². The number of hydrogen-bond donors (Lipinski definition) is 1. The van der Waals surface area contributed by atoms with Gasteiger partial charge in [0.25, 0.3) is 0 Å². The maximum absolute atomic E-state index is 13.7. The Balaban J connectivity index is 2.44. The zero-order valence-corrected chi connectivity index (χ0v) is 23.3. The zero-order chi connectivity index (χ0) is 26.9. The van der Waals surface area contributed by atoms with E-state index in [4.69, 9.17) is 27.9 Å². The van der Waals surface area contributed by atoms with Gasteiger partial charge in [-0.3, -0.25) is 13.9 Å². The maximum atomic E-state index is 13.7. The minimum absolute atomic E-state index is 0.0878. The molecule has 2 amide bonds. The second-order valence-electron chi connectivity index (χ2n) is 8.30. The molecule has 2 rings (SSSR count). The topological polar surface area (TPSA) is 96.0 Å². The number of carbonyl (C=O) groups is 2. The number of carbonyl (C=O) groups excluding carboxylic acids is 2. The summed E-state index contributed by atoms with van der Waals surface area (Å²) >= 11 is 12.3. The summed E-state index contributed by atoms with van der Waals surface area (Å²) in [6.45, 7) is 3.87. The van der Waals surface area contributed by atoms with E-state index in [1.165, 1.54) is 23.1 Å². The molecule has 0 aliphatic rings. The van der Waals surface area contributed by atoms with Gasteiger partial charge in [0.1, 0.15) is 18.3 Å². The van der Waals surface area contributed by atoms with Crippen LogP contribution in [0.1, 0.15) is 38.7 Å². The minimum Gasteiger partial charge on any atom is -0.497 e. The number of halogens is 2. The van der Waals surface area contributed by atoms with Crippen LogP contribution >= 0.6 is 23.2 Å². The summed E-state index contributed by atoms with van der Waals surface area (Å²) in [7, 11) is -2.36. The fraction of sp³-hybridized carbons (Fsp3) is 0.440. The summed E-state index contributed by atoms with van der Waals surface area (Å²) in [6.07, 6.45) is 3.05. The molecule has 0 bridgehead atoms. The number of methoxy groups -OCH3 is 1. The van der Waals surface area contributed by atoms with Gasteiger partial charge in [0.2, 0.25) is 21.8 Å². The number of sulfonamides is 1. The van der Waals surface area contributed by atoms with Gasteiger partial charge in [-0.1, -0.05) is 55.6 Å². The number of ether oxygens (including phenoxy) is 1. The van der Waals surface area contributed by atoms with Crippen molar-refractivity contribution in [3.05, 3.63) is 58.1 Å². The Morgan fingerprint density at radius 1 is 1.08 bits per heavy atom. The molecule has 0 aliphatic heterocycles. The Hall–Kier alpha value is -2.49. The lowest BCUT2D eigenvalue weighted by atomic mass is 10.1. The van der Waals surface area contributed by atoms with Gasteiger partial charge in [0.05, 0.1) is 24.1 Å². The number of unbranched alkanes of at least 4 members (excludes halogenated alkanes) is 1. The highest BCUT2D eigenvalue weighted by Gasteiger charge is 2.32. The van der Waals surface area contributed by atoms with Crippen LogP contribution < -0.4 is 14.4 Å². The molecule has 8 nitrogen and oxygen atoms in total. The molecule has 0 spiro atoms. The smallest absolute Gasteiger partial charge is 0.244 e. The molecule has 0 saturated carbocycles. The summed E-state index contributed by atoms with van der Waals surface area (Å²) in [5, 5.41) is 3.28. The molecule has 1 atom stereocenters. The lowest BCUT2D eigenvalue weighted by Gasteiger charge is -2.33. The molecule has 0 fully saturated rings. The van der Waals surface area contributed by atoms with Crippen LogP contribution in [0.15, 0.2) is 42.5 Å². The number of rotatable bonds is 13. The van der Waals surface area contributed by atoms with Crippen LogP contribution in [0, 0.1) is 0 Å². The van der Waals surface area contributed by atoms with E-state index in [0.717, 1.165) is 29.0 Å². The highest BCUT2D eigenvalue weighted by molar-refractivity contribution is 7.92. The quantitative estimate of drug-likeness (QED) is 0.366. The summed E-state index contributed by atoms with van der Waals surface area (Å²) in [5.41, 5.74) is 0.848. The Bertz CT molecular complexity index is 1140. The largest absolute Gasteiger partial charge is 0.497 e. The molecule has 0 radical (unpaired) electrons. The average molecular weight is 559 g/mol. The SMILES string of the molecule is CCCCNC(=O)C(CC)N(Cc1ccc(OC)cc1)C(=O)CN(c1cc(Cl)ccc1Cl)S(C)(=O)=O. The number of anilines is 1. The molecule has 0 heterocycles. The van der Waals surface area contributed by atoms with Crippen molar-refractivity contribution in [1.82, 2.24) is 10.2 Å². The van der Waals surface area contributed by atoms with Gasteiger partial charge in [-0.25, -0.2) is 8.42 Å². The number of nitrogens with one attached hydrogen (secondary N) is 1. The fourth-order valence-corrected chi connectivity index (χ4v) is 4.91. The molecule has 0 aliphatic carbocycles. The third kappa shape index (κ3) is 8.28. The lowest BCUT2D eigenvalue weighted by Crippen LogP contribution is -2.52. The third-order valence-electron chi connectivity index (χ3n) is 5.58. The maximum Gasteiger partial charge on any atom is 0.244 e. The van der Waals surface area contributed by atoms with Crippen molar-refractivity contribution in [1.29, 1.82) is 0 Å². The number of amides is 2. The molecule has 0 aromatic heterocycles. The molecular weight excluding hydrogens is 525 g/mol. The Kier molecular flexibility index (Phi) is 11.3.